The van der Waals surface area contributed by atoms with E-state index in [9.17, 15) is 4.79 Å². The number of thiophene rings is 1. The lowest BCUT2D eigenvalue weighted by Gasteiger charge is -2.14. The maximum absolute atomic E-state index is 12.7. The number of benzene rings is 1. The fourth-order valence-electron chi connectivity index (χ4n) is 4.93. The largest absolute Gasteiger partial charge is 0.342 e. The van der Waals surface area contributed by atoms with E-state index in [-0.39, 0.29) is 5.91 Å². The van der Waals surface area contributed by atoms with Gasteiger partial charge in [0.15, 0.2) is 5.16 Å². The third kappa shape index (κ3) is 3.82. The second-order valence-electron chi connectivity index (χ2n) is 8.49. The molecule has 0 spiro atoms. The van der Waals surface area contributed by atoms with Crippen LogP contribution in [0.2, 0.25) is 0 Å². The van der Waals surface area contributed by atoms with Crippen molar-refractivity contribution in [2.75, 3.05) is 25.1 Å². The van der Waals surface area contributed by atoms with Gasteiger partial charge in [0.25, 0.3) is 0 Å². The molecule has 1 aliphatic heterocycles. The number of nitrogens with zero attached hydrogens (tertiary/aromatic N) is 4. The second kappa shape index (κ2) is 8.89. The first kappa shape index (κ1) is 21.4. The minimum absolute atomic E-state index is 0.210. The van der Waals surface area contributed by atoms with Crippen LogP contribution in [0.3, 0.4) is 0 Å². The number of aryl methyl sites for hydroxylation is 1. The van der Waals surface area contributed by atoms with Crippen LogP contribution in [0.4, 0.5) is 0 Å². The molecule has 0 N–H and O–H groups in total. The summed E-state index contributed by atoms with van der Waals surface area (Å²) in [6.07, 6.45) is 7.51. The summed E-state index contributed by atoms with van der Waals surface area (Å²) in [7, 11) is 0. The van der Waals surface area contributed by atoms with Crippen molar-refractivity contribution in [2.24, 2.45) is 0 Å². The zero-order valence-electron chi connectivity index (χ0n) is 18.5. The average Bonchev–Trinajstić information content (AvgIpc) is 3.61. The summed E-state index contributed by atoms with van der Waals surface area (Å²) in [5.74, 6) is 0.635. The van der Waals surface area contributed by atoms with Crippen molar-refractivity contribution in [1.29, 1.82) is 0 Å². The molecule has 0 radical (unpaired) electrons. The molecule has 0 atom stereocenters. The summed E-state index contributed by atoms with van der Waals surface area (Å²) in [4.78, 5) is 30.6. The number of carbonyl (C=O) groups excluding carboxylic acids is 1. The Bertz CT molecular complexity index is 1360. The van der Waals surface area contributed by atoms with Crippen molar-refractivity contribution >= 4 is 61.2 Å². The van der Waals surface area contributed by atoms with Gasteiger partial charge in [-0.2, -0.15) is 0 Å². The van der Waals surface area contributed by atoms with E-state index >= 15 is 0 Å². The van der Waals surface area contributed by atoms with Crippen LogP contribution >= 0.6 is 34.9 Å². The van der Waals surface area contributed by atoms with Crippen molar-refractivity contribution in [3.8, 4) is 11.3 Å². The second-order valence-corrected chi connectivity index (χ2v) is 11.2. The molecular formula is C25H24N4OS3. The molecule has 33 heavy (non-hydrogen) atoms. The van der Waals surface area contributed by atoms with Crippen LogP contribution in [0.1, 0.15) is 30.4 Å². The fourth-order valence-corrected chi connectivity index (χ4v) is 7.51. The molecule has 1 saturated heterocycles. The molecule has 0 saturated carbocycles. The van der Waals surface area contributed by atoms with Gasteiger partial charge in [-0.25, -0.2) is 15.0 Å². The number of likely N-dealkylation sites (tertiary alicyclic amines) is 1. The van der Waals surface area contributed by atoms with E-state index in [2.05, 4.69) is 24.3 Å². The van der Waals surface area contributed by atoms with E-state index in [1.165, 1.54) is 22.1 Å². The molecule has 1 fully saturated rings. The standard InChI is InChI=1S/C25H24N4OS3/c1-31-25-27-21-19-16-10-7-11-17(16)20(15-8-3-2-4-9-15)26-23(19)33-22(21)24(28-25)32-14-18(30)29-12-5-6-13-29/h2-4,8-9H,5-7,10-14H2,1H3. The molecule has 0 unspecified atom stereocenters. The quantitative estimate of drug-likeness (QED) is 0.198. The zero-order chi connectivity index (χ0) is 22.4. The summed E-state index contributed by atoms with van der Waals surface area (Å²) in [6, 6.07) is 10.5. The summed E-state index contributed by atoms with van der Waals surface area (Å²) >= 11 is 4.78. The normalized spacial score (nSPS) is 15.6. The number of carbonyl (C=O) groups is 1. The van der Waals surface area contributed by atoms with Crippen molar-refractivity contribution < 1.29 is 4.79 Å². The first-order valence-electron chi connectivity index (χ1n) is 11.4. The highest BCUT2D eigenvalue weighted by Gasteiger charge is 2.26. The van der Waals surface area contributed by atoms with Gasteiger partial charge in [0, 0.05) is 24.0 Å². The first-order chi connectivity index (χ1) is 16.2. The maximum Gasteiger partial charge on any atom is 0.232 e. The summed E-state index contributed by atoms with van der Waals surface area (Å²) in [5.41, 5.74) is 6.07. The Kier molecular flexibility index (Phi) is 5.76. The van der Waals surface area contributed by atoms with Crippen molar-refractivity contribution in [3.05, 3.63) is 41.5 Å². The Balaban J connectivity index is 1.48. The number of pyridine rings is 1. The molecule has 6 rings (SSSR count). The van der Waals surface area contributed by atoms with E-state index in [1.54, 1.807) is 34.9 Å². The molecule has 1 amide bonds. The molecule has 4 aromatic rings. The molecular weight excluding hydrogens is 469 g/mol. The Labute approximate surface area is 205 Å². The van der Waals surface area contributed by atoms with E-state index in [1.807, 2.05) is 17.2 Å². The van der Waals surface area contributed by atoms with Gasteiger partial charge in [-0.3, -0.25) is 4.79 Å². The van der Waals surface area contributed by atoms with Gasteiger partial charge in [-0.1, -0.05) is 53.9 Å². The fraction of sp³-hybridized carbons (Fsp3) is 0.360. The van der Waals surface area contributed by atoms with Gasteiger partial charge >= 0.3 is 0 Å². The molecule has 1 aromatic carbocycles. The first-order valence-corrected chi connectivity index (χ1v) is 14.4. The molecule has 3 aromatic heterocycles. The van der Waals surface area contributed by atoms with Crippen LogP contribution in [-0.2, 0) is 17.6 Å². The zero-order valence-corrected chi connectivity index (χ0v) is 20.9. The lowest BCUT2D eigenvalue weighted by molar-refractivity contribution is -0.127. The van der Waals surface area contributed by atoms with Gasteiger partial charge in [-0.15, -0.1) is 11.3 Å². The Morgan fingerprint density at radius 3 is 2.61 bits per heavy atom. The number of hydrogen-bond donors (Lipinski definition) is 0. The highest BCUT2D eigenvalue weighted by atomic mass is 32.2. The van der Waals surface area contributed by atoms with E-state index < -0.39 is 0 Å². The highest BCUT2D eigenvalue weighted by molar-refractivity contribution is 8.00. The lowest BCUT2D eigenvalue weighted by Crippen LogP contribution is -2.29. The lowest BCUT2D eigenvalue weighted by atomic mass is 10.0. The number of thioether (sulfide) groups is 2. The van der Waals surface area contributed by atoms with Crippen LogP contribution in [0.25, 0.3) is 31.7 Å². The van der Waals surface area contributed by atoms with Crippen LogP contribution in [0.5, 0.6) is 0 Å². The smallest absolute Gasteiger partial charge is 0.232 e. The van der Waals surface area contributed by atoms with E-state index in [0.29, 0.717) is 5.75 Å². The van der Waals surface area contributed by atoms with Gasteiger partial charge in [0.1, 0.15) is 9.86 Å². The van der Waals surface area contributed by atoms with Crippen molar-refractivity contribution in [1.82, 2.24) is 19.9 Å². The van der Waals surface area contributed by atoms with E-state index in [4.69, 9.17) is 15.0 Å². The molecule has 0 bridgehead atoms. The van der Waals surface area contributed by atoms with Gasteiger partial charge in [0.05, 0.1) is 21.7 Å². The molecule has 4 heterocycles. The van der Waals surface area contributed by atoms with Crippen molar-refractivity contribution in [2.45, 2.75) is 42.3 Å². The van der Waals surface area contributed by atoms with Crippen LogP contribution < -0.4 is 0 Å². The summed E-state index contributed by atoms with van der Waals surface area (Å²) < 4.78 is 1.06. The minimum Gasteiger partial charge on any atom is -0.342 e. The van der Waals surface area contributed by atoms with Gasteiger partial charge in [0.2, 0.25) is 5.91 Å². The number of rotatable bonds is 5. The average molecular weight is 493 g/mol. The molecule has 1 aliphatic carbocycles. The van der Waals surface area contributed by atoms with Crippen LogP contribution in [0.15, 0.2) is 40.5 Å². The molecule has 2 aliphatic rings. The molecule has 5 nitrogen and oxygen atoms in total. The third-order valence-electron chi connectivity index (χ3n) is 6.50. The number of hydrogen-bond acceptors (Lipinski definition) is 7. The van der Waals surface area contributed by atoms with Crippen molar-refractivity contribution in [3.63, 3.8) is 0 Å². The maximum atomic E-state index is 12.7. The van der Waals surface area contributed by atoms with Crippen LogP contribution in [0, 0.1) is 0 Å². The summed E-state index contributed by atoms with van der Waals surface area (Å²) in [5, 5.41) is 2.87. The van der Waals surface area contributed by atoms with Gasteiger partial charge in [-0.05, 0) is 49.5 Å². The summed E-state index contributed by atoms with van der Waals surface area (Å²) in [6.45, 7) is 1.77. The monoisotopic (exact) mass is 492 g/mol. The van der Waals surface area contributed by atoms with E-state index in [0.717, 1.165) is 76.1 Å². The Morgan fingerprint density at radius 1 is 1.03 bits per heavy atom. The predicted octanol–water partition coefficient (Wildman–Crippen LogP) is 5.83. The van der Waals surface area contributed by atoms with Crippen LogP contribution in [-0.4, -0.2) is 50.9 Å². The van der Waals surface area contributed by atoms with Gasteiger partial charge < -0.3 is 4.90 Å². The Hall–Kier alpha value is -2.16. The Morgan fingerprint density at radius 2 is 1.82 bits per heavy atom. The molecule has 8 heteroatoms. The number of fused-ring (bicyclic) bond motifs is 5. The number of amides is 1. The SMILES string of the molecule is CSc1nc(SCC(=O)N2CCCC2)c2sc3nc(-c4ccccc4)c4c(c3c2n1)CCC4. The number of aromatic nitrogens is 3. The topological polar surface area (TPSA) is 59.0 Å². The predicted molar refractivity (Wildman–Crippen MR) is 138 cm³/mol. The minimum atomic E-state index is 0.210. The molecule has 168 valence electrons. The highest BCUT2D eigenvalue weighted by Crippen LogP contribution is 2.44. The third-order valence-corrected chi connectivity index (χ3v) is 9.22.